The number of Topliss-reactive ketones (excluding diaryl/α,β-unsaturated/α-hetero) is 1. The van der Waals surface area contributed by atoms with E-state index in [2.05, 4.69) is 5.32 Å². The summed E-state index contributed by atoms with van der Waals surface area (Å²) in [6, 6.07) is 21.6. The Labute approximate surface area is 192 Å². The maximum Gasteiger partial charge on any atom is 0.339 e. The zero-order chi connectivity index (χ0) is 23.1. The summed E-state index contributed by atoms with van der Waals surface area (Å²) in [6.07, 6.45) is -0.923. The van der Waals surface area contributed by atoms with Gasteiger partial charge in [0.25, 0.3) is 0 Å². The second-order valence-electron chi connectivity index (χ2n) is 7.48. The number of ketones is 1. The van der Waals surface area contributed by atoms with Gasteiger partial charge in [-0.15, -0.1) is 11.8 Å². The molecule has 0 bridgehead atoms. The van der Waals surface area contributed by atoms with Crippen molar-refractivity contribution in [1.29, 1.82) is 0 Å². The molecule has 0 saturated carbocycles. The van der Waals surface area contributed by atoms with Gasteiger partial charge in [0.1, 0.15) is 0 Å². The Bertz CT molecular complexity index is 1110. The van der Waals surface area contributed by atoms with Crippen LogP contribution in [-0.4, -0.2) is 29.5 Å². The minimum atomic E-state index is -0.923. The monoisotopic (exact) mass is 447 g/mol. The van der Waals surface area contributed by atoms with Gasteiger partial charge in [0, 0.05) is 16.1 Å². The van der Waals surface area contributed by atoms with Crippen LogP contribution >= 0.6 is 11.8 Å². The number of thioether (sulfide) groups is 1. The number of hydrogen-bond acceptors (Lipinski definition) is 5. The van der Waals surface area contributed by atoms with Crippen molar-refractivity contribution in [1.82, 2.24) is 0 Å². The molecule has 3 aromatic rings. The first-order chi connectivity index (χ1) is 15.3. The van der Waals surface area contributed by atoms with Gasteiger partial charge in [0.2, 0.25) is 11.7 Å². The Morgan fingerprint density at radius 2 is 1.47 bits per heavy atom. The Morgan fingerprint density at radius 1 is 0.875 bits per heavy atom. The SMILES string of the molecule is Cc1ccc(NC(=O)CSc2ccccc2C(=O)O[C@H](C)C(=O)c2ccc(C)cc2)cc1. The predicted molar refractivity (Wildman–Crippen MR) is 127 cm³/mol. The molecule has 0 unspecified atom stereocenters. The van der Waals surface area contributed by atoms with Gasteiger partial charge in [0.15, 0.2) is 6.10 Å². The van der Waals surface area contributed by atoms with Crippen molar-refractivity contribution in [3.63, 3.8) is 0 Å². The van der Waals surface area contributed by atoms with Crippen molar-refractivity contribution in [3.8, 4) is 0 Å². The zero-order valence-electron chi connectivity index (χ0n) is 18.3. The van der Waals surface area contributed by atoms with E-state index in [1.54, 1.807) is 43.3 Å². The number of carbonyl (C=O) groups is 3. The van der Waals surface area contributed by atoms with Crippen LogP contribution in [0, 0.1) is 13.8 Å². The topological polar surface area (TPSA) is 72.5 Å². The number of ether oxygens (including phenoxy) is 1. The van der Waals surface area contributed by atoms with Gasteiger partial charge < -0.3 is 10.1 Å². The molecular formula is C26H25NO4S. The number of carbonyl (C=O) groups excluding carboxylic acids is 3. The van der Waals surface area contributed by atoms with Crippen LogP contribution in [0.1, 0.15) is 38.8 Å². The van der Waals surface area contributed by atoms with Crippen molar-refractivity contribution < 1.29 is 19.1 Å². The molecule has 1 N–H and O–H groups in total. The summed E-state index contributed by atoms with van der Waals surface area (Å²) in [5.74, 6) is -0.901. The zero-order valence-corrected chi connectivity index (χ0v) is 19.1. The maximum atomic E-state index is 12.7. The highest BCUT2D eigenvalue weighted by Gasteiger charge is 2.22. The summed E-state index contributed by atoms with van der Waals surface area (Å²) in [4.78, 5) is 38.3. The molecule has 1 atom stereocenters. The average molecular weight is 448 g/mol. The van der Waals surface area contributed by atoms with Gasteiger partial charge in [-0.2, -0.15) is 0 Å². The molecule has 3 aromatic carbocycles. The Balaban J connectivity index is 1.61. The van der Waals surface area contributed by atoms with Gasteiger partial charge in [0.05, 0.1) is 11.3 Å². The van der Waals surface area contributed by atoms with Crippen LogP contribution in [0.5, 0.6) is 0 Å². The molecule has 0 heterocycles. The van der Waals surface area contributed by atoms with Crippen molar-refractivity contribution in [2.45, 2.75) is 31.8 Å². The Kier molecular flexibility index (Phi) is 7.84. The normalized spacial score (nSPS) is 11.5. The number of hydrogen-bond donors (Lipinski definition) is 1. The van der Waals surface area contributed by atoms with Crippen LogP contribution in [0.15, 0.2) is 77.7 Å². The standard InChI is InChI=1S/C26H25NO4S/c1-17-8-12-20(13-9-17)25(29)19(3)31-26(30)22-6-4-5-7-23(22)32-16-24(28)27-21-14-10-18(2)11-15-21/h4-15,19H,16H2,1-3H3,(H,27,28)/t19-/m1/s1. The van der Waals surface area contributed by atoms with Gasteiger partial charge in [-0.25, -0.2) is 4.79 Å². The predicted octanol–water partition coefficient (Wildman–Crippen LogP) is 5.46. The largest absolute Gasteiger partial charge is 0.451 e. The minimum Gasteiger partial charge on any atom is -0.451 e. The second kappa shape index (κ2) is 10.8. The highest BCUT2D eigenvalue weighted by molar-refractivity contribution is 8.00. The second-order valence-corrected chi connectivity index (χ2v) is 8.49. The van der Waals surface area contributed by atoms with Crippen LogP contribution in [0.4, 0.5) is 5.69 Å². The summed E-state index contributed by atoms with van der Waals surface area (Å²) < 4.78 is 5.43. The van der Waals surface area contributed by atoms with E-state index in [0.717, 1.165) is 16.8 Å². The van der Waals surface area contributed by atoms with Gasteiger partial charge >= 0.3 is 5.97 Å². The molecule has 1 amide bonds. The molecule has 32 heavy (non-hydrogen) atoms. The lowest BCUT2D eigenvalue weighted by Crippen LogP contribution is -2.24. The first kappa shape index (κ1) is 23.3. The van der Waals surface area contributed by atoms with Crippen molar-refractivity contribution >= 4 is 35.1 Å². The van der Waals surface area contributed by atoms with E-state index in [4.69, 9.17) is 4.74 Å². The van der Waals surface area contributed by atoms with Crippen molar-refractivity contribution in [2.24, 2.45) is 0 Å². The van der Waals surface area contributed by atoms with Crippen LogP contribution in [0.3, 0.4) is 0 Å². The molecule has 0 aliphatic heterocycles. The van der Waals surface area contributed by atoms with E-state index in [-0.39, 0.29) is 17.4 Å². The maximum absolute atomic E-state index is 12.7. The highest BCUT2D eigenvalue weighted by atomic mass is 32.2. The fraction of sp³-hybridized carbons (Fsp3) is 0.192. The van der Waals surface area contributed by atoms with E-state index in [9.17, 15) is 14.4 Å². The molecule has 3 rings (SSSR count). The molecule has 0 aromatic heterocycles. The lowest BCUT2D eigenvalue weighted by Gasteiger charge is -2.14. The van der Waals surface area contributed by atoms with Gasteiger partial charge in [-0.05, 0) is 45.0 Å². The van der Waals surface area contributed by atoms with E-state index in [0.29, 0.717) is 16.0 Å². The molecule has 0 radical (unpaired) electrons. The first-order valence-electron chi connectivity index (χ1n) is 10.2. The van der Waals surface area contributed by atoms with Crippen molar-refractivity contribution in [3.05, 3.63) is 95.1 Å². The van der Waals surface area contributed by atoms with Gasteiger partial charge in [-0.3, -0.25) is 9.59 Å². The number of rotatable bonds is 8. The number of benzene rings is 3. The van der Waals surface area contributed by atoms with Crippen LogP contribution in [0.25, 0.3) is 0 Å². The van der Waals surface area contributed by atoms with Crippen LogP contribution in [-0.2, 0) is 9.53 Å². The molecule has 0 aliphatic carbocycles. The van der Waals surface area contributed by atoms with E-state index < -0.39 is 12.1 Å². The Hall–Kier alpha value is -3.38. The quantitative estimate of drug-likeness (QED) is 0.282. The molecule has 5 nitrogen and oxygen atoms in total. The van der Waals surface area contributed by atoms with Crippen molar-refractivity contribution in [2.75, 3.05) is 11.1 Å². The average Bonchev–Trinajstić information content (AvgIpc) is 2.79. The number of esters is 1. The highest BCUT2D eigenvalue weighted by Crippen LogP contribution is 2.24. The molecule has 164 valence electrons. The fourth-order valence-corrected chi connectivity index (χ4v) is 3.81. The van der Waals surface area contributed by atoms with E-state index in [1.807, 2.05) is 50.2 Å². The lowest BCUT2D eigenvalue weighted by molar-refractivity contribution is -0.113. The molecule has 0 fully saturated rings. The third kappa shape index (κ3) is 6.31. The fourth-order valence-electron chi connectivity index (χ4n) is 2.97. The molecule has 0 saturated heterocycles. The summed E-state index contributed by atoms with van der Waals surface area (Å²) in [5, 5.41) is 2.84. The van der Waals surface area contributed by atoms with Crippen LogP contribution < -0.4 is 5.32 Å². The molecule has 0 aliphatic rings. The summed E-state index contributed by atoms with van der Waals surface area (Å²) in [7, 11) is 0. The molecule has 6 heteroatoms. The summed E-state index contributed by atoms with van der Waals surface area (Å²) in [6.45, 7) is 5.48. The first-order valence-corrected chi connectivity index (χ1v) is 11.2. The number of amides is 1. The molecule has 0 spiro atoms. The van der Waals surface area contributed by atoms with E-state index >= 15 is 0 Å². The third-order valence-corrected chi connectivity index (χ3v) is 5.86. The van der Waals surface area contributed by atoms with E-state index in [1.165, 1.54) is 11.8 Å². The smallest absolute Gasteiger partial charge is 0.339 e. The Morgan fingerprint density at radius 3 is 2.12 bits per heavy atom. The number of aryl methyl sites for hydroxylation is 2. The third-order valence-electron chi connectivity index (χ3n) is 4.79. The lowest BCUT2D eigenvalue weighted by atomic mass is 10.1. The van der Waals surface area contributed by atoms with Crippen LogP contribution in [0.2, 0.25) is 0 Å². The number of anilines is 1. The minimum absolute atomic E-state index is 0.135. The van der Waals surface area contributed by atoms with Gasteiger partial charge in [-0.1, -0.05) is 59.7 Å². The number of nitrogens with one attached hydrogen (secondary N) is 1. The summed E-state index contributed by atoms with van der Waals surface area (Å²) >= 11 is 1.24. The summed E-state index contributed by atoms with van der Waals surface area (Å²) in [5.41, 5.74) is 3.69. The molecular weight excluding hydrogens is 422 g/mol.